The average molecular weight is 438 g/mol. The fourth-order valence-electron chi connectivity index (χ4n) is 3.93. The number of amides is 1. The third-order valence-electron chi connectivity index (χ3n) is 5.27. The molecule has 0 radical (unpaired) electrons. The van der Waals surface area contributed by atoms with Gasteiger partial charge in [0.15, 0.2) is 0 Å². The van der Waals surface area contributed by atoms with E-state index in [1.165, 1.54) is 10.4 Å². The van der Waals surface area contributed by atoms with E-state index in [0.717, 1.165) is 31.5 Å². The first kappa shape index (κ1) is 21.2. The van der Waals surface area contributed by atoms with Crippen LogP contribution in [0, 0.1) is 0 Å². The Balaban J connectivity index is 1.68. The van der Waals surface area contributed by atoms with Crippen LogP contribution in [0.3, 0.4) is 0 Å². The fourth-order valence-corrected chi connectivity index (χ4v) is 5.71. The lowest BCUT2D eigenvalue weighted by atomic mass is 10.0. The van der Waals surface area contributed by atoms with Gasteiger partial charge in [0.1, 0.15) is 5.75 Å². The zero-order valence-electron chi connectivity index (χ0n) is 15.1. The van der Waals surface area contributed by atoms with Crippen molar-refractivity contribution in [3.63, 3.8) is 0 Å². The molecule has 1 atom stereocenters. The van der Waals surface area contributed by atoms with Crippen LogP contribution in [0.25, 0.3) is 0 Å². The lowest BCUT2D eigenvalue weighted by Gasteiger charge is -2.38. The molecule has 0 spiro atoms. The van der Waals surface area contributed by atoms with Crippen LogP contribution in [-0.2, 0) is 14.8 Å². The highest BCUT2D eigenvalue weighted by molar-refractivity contribution is 7.89. The van der Waals surface area contributed by atoms with E-state index >= 15 is 0 Å². The zero-order valence-corrected chi connectivity index (χ0v) is 16.6. The van der Waals surface area contributed by atoms with Gasteiger partial charge in [-0.05, 0) is 50.4 Å². The van der Waals surface area contributed by atoms with Crippen molar-refractivity contribution in [1.29, 1.82) is 0 Å². The second-order valence-corrected chi connectivity index (χ2v) is 9.25. The van der Waals surface area contributed by atoms with Crippen molar-refractivity contribution in [3.8, 4) is 5.75 Å². The van der Waals surface area contributed by atoms with Gasteiger partial charge in [-0.25, -0.2) is 8.42 Å². The summed E-state index contributed by atoms with van der Waals surface area (Å²) in [5.41, 5.74) is 5.47. The molecule has 11 heteroatoms. The molecule has 28 heavy (non-hydrogen) atoms. The van der Waals surface area contributed by atoms with Crippen molar-refractivity contribution < 1.29 is 26.7 Å². The van der Waals surface area contributed by atoms with Crippen molar-refractivity contribution in [1.82, 2.24) is 9.21 Å². The number of likely N-dealkylation sites (tertiary alicyclic amines) is 1. The minimum absolute atomic E-state index is 0.0752. The molecular formula is C17H22ClF2N3O4S. The summed E-state index contributed by atoms with van der Waals surface area (Å²) in [6, 6.07) is 3.26. The summed E-state index contributed by atoms with van der Waals surface area (Å²) in [6.07, 6.45) is 2.81. The highest BCUT2D eigenvalue weighted by Crippen LogP contribution is 2.32. The van der Waals surface area contributed by atoms with Gasteiger partial charge in [-0.2, -0.15) is 13.1 Å². The number of nitrogens with zero attached hydrogens (tertiary/aromatic N) is 2. The fraction of sp³-hybridized carbons (Fsp3) is 0.588. The minimum Gasteiger partial charge on any atom is -0.433 e. The molecule has 0 saturated carbocycles. The number of carbonyl (C=O) groups excluding carboxylic acids is 1. The van der Waals surface area contributed by atoms with Crippen molar-refractivity contribution in [2.24, 2.45) is 5.73 Å². The van der Waals surface area contributed by atoms with Crippen LogP contribution in [0.4, 0.5) is 8.78 Å². The van der Waals surface area contributed by atoms with Gasteiger partial charge in [0, 0.05) is 19.1 Å². The monoisotopic (exact) mass is 437 g/mol. The van der Waals surface area contributed by atoms with Crippen molar-refractivity contribution >= 4 is 27.5 Å². The first-order valence-corrected chi connectivity index (χ1v) is 10.8. The molecule has 1 aromatic rings. The normalized spacial score (nSPS) is 22.6. The van der Waals surface area contributed by atoms with Gasteiger partial charge in [0.25, 0.3) is 0 Å². The van der Waals surface area contributed by atoms with Crippen LogP contribution >= 0.6 is 11.6 Å². The quantitative estimate of drug-likeness (QED) is 0.735. The number of benzene rings is 1. The highest BCUT2D eigenvalue weighted by Gasteiger charge is 2.38. The van der Waals surface area contributed by atoms with Crippen molar-refractivity contribution in [2.75, 3.05) is 19.6 Å². The summed E-state index contributed by atoms with van der Waals surface area (Å²) in [6.45, 7) is -1.68. The molecule has 2 fully saturated rings. The zero-order chi connectivity index (χ0) is 20.5. The number of hydrogen-bond acceptors (Lipinski definition) is 5. The van der Waals surface area contributed by atoms with Crippen molar-refractivity contribution in [3.05, 3.63) is 23.2 Å². The minimum atomic E-state index is -3.81. The smallest absolute Gasteiger partial charge is 0.387 e. The molecule has 2 aliphatic rings. The van der Waals surface area contributed by atoms with Crippen LogP contribution < -0.4 is 10.5 Å². The first-order valence-electron chi connectivity index (χ1n) is 8.99. The Kier molecular flexibility index (Phi) is 6.43. The number of primary amides is 1. The van der Waals surface area contributed by atoms with E-state index in [2.05, 4.69) is 9.64 Å². The number of ether oxygens (including phenoxy) is 1. The van der Waals surface area contributed by atoms with E-state index in [0.29, 0.717) is 25.9 Å². The standard InChI is InChI=1S/C17H22ClF2N3O4S/c18-13-10-12(3-4-15(13)27-17(19)20)28(25,26)22-8-5-11(6-9-22)23-7-1-2-14(23)16(21)24/h3-4,10-11,14,17H,1-2,5-9H2,(H2,21,24). The third-order valence-corrected chi connectivity index (χ3v) is 7.46. The van der Waals surface area contributed by atoms with E-state index in [9.17, 15) is 22.0 Å². The number of sulfonamides is 1. The molecule has 2 aliphatic heterocycles. The Labute approximate surface area is 167 Å². The highest BCUT2D eigenvalue weighted by atomic mass is 35.5. The van der Waals surface area contributed by atoms with Gasteiger partial charge >= 0.3 is 6.61 Å². The molecule has 0 bridgehead atoms. The summed E-state index contributed by atoms with van der Waals surface area (Å²) in [5, 5.41) is -0.197. The molecule has 156 valence electrons. The van der Waals surface area contributed by atoms with E-state index in [1.807, 2.05) is 0 Å². The number of carbonyl (C=O) groups is 1. The van der Waals surface area contributed by atoms with Gasteiger partial charge in [-0.1, -0.05) is 11.6 Å². The molecule has 2 saturated heterocycles. The van der Waals surface area contributed by atoms with Crippen LogP contribution in [0.5, 0.6) is 5.75 Å². The number of nitrogens with two attached hydrogens (primary N) is 1. The largest absolute Gasteiger partial charge is 0.433 e. The maximum absolute atomic E-state index is 12.9. The van der Waals surface area contributed by atoms with Crippen molar-refractivity contribution in [2.45, 2.75) is 49.3 Å². The summed E-state index contributed by atoms with van der Waals surface area (Å²) in [5.74, 6) is -0.617. The predicted octanol–water partition coefficient (Wildman–Crippen LogP) is 2.04. The average Bonchev–Trinajstić information content (AvgIpc) is 3.13. The van der Waals surface area contributed by atoms with Crippen LogP contribution in [-0.4, -0.2) is 61.9 Å². The summed E-state index contributed by atoms with van der Waals surface area (Å²) in [7, 11) is -3.81. The van der Waals surface area contributed by atoms with Gasteiger partial charge in [-0.15, -0.1) is 0 Å². The Hall–Kier alpha value is -1.49. The number of halogens is 3. The molecule has 7 nitrogen and oxygen atoms in total. The Morgan fingerprint density at radius 2 is 1.89 bits per heavy atom. The van der Waals surface area contributed by atoms with Gasteiger partial charge in [-0.3, -0.25) is 9.69 Å². The predicted molar refractivity (Wildman–Crippen MR) is 98.8 cm³/mol. The molecular weight excluding hydrogens is 416 g/mol. The van der Waals surface area contributed by atoms with Gasteiger partial charge < -0.3 is 10.5 Å². The van der Waals surface area contributed by atoms with E-state index in [1.54, 1.807) is 0 Å². The topological polar surface area (TPSA) is 92.9 Å². The lowest BCUT2D eigenvalue weighted by Crippen LogP contribution is -2.51. The van der Waals surface area contributed by atoms with E-state index < -0.39 is 16.6 Å². The molecule has 0 aliphatic carbocycles. The van der Waals surface area contributed by atoms with Crippen LogP contribution in [0.1, 0.15) is 25.7 Å². The van der Waals surface area contributed by atoms with Gasteiger partial charge in [0.2, 0.25) is 15.9 Å². The summed E-state index contributed by atoms with van der Waals surface area (Å²) >= 11 is 5.88. The third kappa shape index (κ3) is 4.40. The lowest BCUT2D eigenvalue weighted by molar-refractivity contribution is -0.123. The maximum Gasteiger partial charge on any atom is 0.387 e. The molecule has 2 heterocycles. The second kappa shape index (κ2) is 8.48. The Bertz CT molecular complexity index is 832. The Morgan fingerprint density at radius 1 is 1.21 bits per heavy atom. The number of piperidine rings is 1. The number of hydrogen-bond donors (Lipinski definition) is 1. The Morgan fingerprint density at radius 3 is 2.46 bits per heavy atom. The van der Waals surface area contributed by atoms with Crippen LogP contribution in [0.15, 0.2) is 23.1 Å². The maximum atomic E-state index is 12.9. The van der Waals surface area contributed by atoms with Gasteiger partial charge in [0.05, 0.1) is 16.0 Å². The summed E-state index contributed by atoms with van der Waals surface area (Å²) < 4.78 is 56.0. The molecule has 2 N–H and O–H groups in total. The molecule has 1 aromatic carbocycles. The van der Waals surface area contributed by atoms with E-state index in [-0.39, 0.29) is 33.7 Å². The molecule has 1 unspecified atom stereocenters. The number of alkyl halides is 2. The SMILES string of the molecule is NC(=O)C1CCCN1C1CCN(S(=O)(=O)c2ccc(OC(F)F)c(Cl)c2)CC1. The van der Waals surface area contributed by atoms with Crippen LogP contribution in [0.2, 0.25) is 5.02 Å². The number of rotatable bonds is 6. The molecule has 0 aromatic heterocycles. The molecule has 1 amide bonds. The van der Waals surface area contributed by atoms with E-state index in [4.69, 9.17) is 17.3 Å². The first-order chi connectivity index (χ1) is 13.2. The second-order valence-electron chi connectivity index (χ2n) is 6.90. The molecule has 3 rings (SSSR count). The summed E-state index contributed by atoms with van der Waals surface area (Å²) in [4.78, 5) is 13.6.